The van der Waals surface area contributed by atoms with Gasteiger partial charge in [0.25, 0.3) is 0 Å². The minimum atomic E-state index is 0.224. The summed E-state index contributed by atoms with van der Waals surface area (Å²) >= 11 is 1.43. The largest absolute Gasteiger partial charge is 0.368 e. The van der Waals surface area contributed by atoms with Crippen LogP contribution in [0.5, 0.6) is 0 Å². The first-order valence-corrected chi connectivity index (χ1v) is 6.90. The lowest BCUT2D eigenvalue weighted by atomic mass is 10.1. The van der Waals surface area contributed by atoms with Crippen LogP contribution >= 0.6 is 11.8 Å². The van der Waals surface area contributed by atoms with Gasteiger partial charge in [0.15, 0.2) is 11.0 Å². The molecular formula is C13H11N5S. The standard InChI is InChI=1S/C13H11N5S/c1-19-13-17-11(16-12(14)18-13)9-6-2-4-8-5-3-7-15-10(8)9/h2-7H,1H3,(H2,14,16,17,18). The molecular weight excluding hydrogens is 258 g/mol. The number of hydrogen-bond donors (Lipinski definition) is 1. The van der Waals surface area contributed by atoms with Crippen LogP contribution in [0, 0.1) is 0 Å². The fourth-order valence-corrected chi connectivity index (χ4v) is 2.23. The molecule has 0 aliphatic rings. The average molecular weight is 269 g/mol. The van der Waals surface area contributed by atoms with E-state index in [1.54, 1.807) is 6.20 Å². The van der Waals surface area contributed by atoms with Crippen LogP contribution in [0.15, 0.2) is 41.7 Å². The van der Waals surface area contributed by atoms with Gasteiger partial charge in [0.2, 0.25) is 5.95 Å². The van der Waals surface area contributed by atoms with Crippen molar-refractivity contribution in [2.45, 2.75) is 5.16 Å². The summed E-state index contributed by atoms with van der Waals surface area (Å²) in [5.41, 5.74) is 7.45. The number of nitrogens with zero attached hydrogens (tertiary/aromatic N) is 4. The Kier molecular flexibility index (Phi) is 3.00. The molecule has 19 heavy (non-hydrogen) atoms. The second kappa shape index (κ2) is 4.81. The summed E-state index contributed by atoms with van der Waals surface area (Å²) in [6, 6.07) is 9.81. The quantitative estimate of drug-likeness (QED) is 0.720. The molecule has 2 N–H and O–H groups in total. The SMILES string of the molecule is CSc1nc(N)nc(-c2cccc3cccnc23)n1. The summed E-state index contributed by atoms with van der Waals surface area (Å²) in [7, 11) is 0. The molecule has 5 nitrogen and oxygen atoms in total. The molecule has 0 atom stereocenters. The molecule has 2 aromatic heterocycles. The number of benzene rings is 1. The molecule has 0 amide bonds. The van der Waals surface area contributed by atoms with Crippen LogP contribution in [0.2, 0.25) is 0 Å². The first-order chi connectivity index (χ1) is 9.28. The lowest BCUT2D eigenvalue weighted by Gasteiger charge is -2.06. The highest BCUT2D eigenvalue weighted by Crippen LogP contribution is 2.25. The van der Waals surface area contributed by atoms with Crippen LogP contribution in [-0.4, -0.2) is 26.2 Å². The van der Waals surface area contributed by atoms with Crippen LogP contribution in [0.1, 0.15) is 0 Å². The van der Waals surface area contributed by atoms with Crippen molar-refractivity contribution in [3.8, 4) is 11.4 Å². The Hall–Kier alpha value is -2.21. The van der Waals surface area contributed by atoms with Gasteiger partial charge in [-0.15, -0.1) is 0 Å². The van der Waals surface area contributed by atoms with Gasteiger partial charge < -0.3 is 5.73 Å². The van der Waals surface area contributed by atoms with E-state index in [0.29, 0.717) is 11.0 Å². The third-order valence-corrected chi connectivity index (χ3v) is 3.24. The molecule has 3 rings (SSSR count). The number of pyridine rings is 1. The normalized spacial score (nSPS) is 10.8. The molecule has 3 aromatic rings. The zero-order valence-electron chi connectivity index (χ0n) is 10.2. The van der Waals surface area contributed by atoms with E-state index in [1.807, 2.05) is 36.6 Å². The van der Waals surface area contributed by atoms with Crippen molar-refractivity contribution in [1.82, 2.24) is 19.9 Å². The van der Waals surface area contributed by atoms with Crippen molar-refractivity contribution in [2.75, 3.05) is 12.0 Å². The lowest BCUT2D eigenvalue weighted by molar-refractivity contribution is 0.928. The van der Waals surface area contributed by atoms with Gasteiger partial charge in [-0.2, -0.15) is 9.97 Å². The van der Waals surface area contributed by atoms with Crippen LogP contribution in [-0.2, 0) is 0 Å². The Morgan fingerprint density at radius 1 is 1.05 bits per heavy atom. The molecule has 94 valence electrons. The van der Waals surface area contributed by atoms with Crippen molar-refractivity contribution < 1.29 is 0 Å². The molecule has 0 aliphatic carbocycles. The van der Waals surface area contributed by atoms with E-state index in [9.17, 15) is 0 Å². The number of nitrogens with two attached hydrogens (primary N) is 1. The highest BCUT2D eigenvalue weighted by atomic mass is 32.2. The number of para-hydroxylation sites is 1. The smallest absolute Gasteiger partial charge is 0.224 e. The predicted octanol–water partition coefficient (Wildman–Crippen LogP) is 2.39. The van der Waals surface area contributed by atoms with Crippen LogP contribution in [0.3, 0.4) is 0 Å². The Bertz CT molecular complexity index is 739. The van der Waals surface area contributed by atoms with E-state index in [1.165, 1.54) is 11.8 Å². The van der Waals surface area contributed by atoms with Crippen molar-refractivity contribution >= 4 is 28.6 Å². The van der Waals surface area contributed by atoms with E-state index in [0.717, 1.165) is 16.5 Å². The van der Waals surface area contributed by atoms with Gasteiger partial charge in [-0.25, -0.2) is 4.98 Å². The number of hydrogen-bond acceptors (Lipinski definition) is 6. The van der Waals surface area contributed by atoms with Gasteiger partial charge >= 0.3 is 0 Å². The minimum Gasteiger partial charge on any atom is -0.368 e. The van der Waals surface area contributed by atoms with Crippen LogP contribution < -0.4 is 5.73 Å². The summed E-state index contributed by atoms with van der Waals surface area (Å²) in [6.07, 6.45) is 3.66. The van der Waals surface area contributed by atoms with E-state index in [-0.39, 0.29) is 5.95 Å². The van der Waals surface area contributed by atoms with Gasteiger partial charge in [-0.05, 0) is 18.4 Å². The molecule has 0 saturated heterocycles. The summed E-state index contributed by atoms with van der Waals surface area (Å²) in [5.74, 6) is 0.781. The molecule has 0 bridgehead atoms. The van der Waals surface area contributed by atoms with Crippen LogP contribution in [0.25, 0.3) is 22.3 Å². The first-order valence-electron chi connectivity index (χ1n) is 5.67. The highest BCUT2D eigenvalue weighted by Gasteiger charge is 2.10. The number of fused-ring (bicyclic) bond motifs is 1. The Balaban J connectivity index is 2.27. The number of rotatable bonds is 2. The van der Waals surface area contributed by atoms with Crippen molar-refractivity contribution in [2.24, 2.45) is 0 Å². The zero-order valence-corrected chi connectivity index (χ0v) is 11.1. The van der Waals surface area contributed by atoms with Gasteiger partial charge in [0, 0.05) is 17.1 Å². The van der Waals surface area contributed by atoms with E-state index in [2.05, 4.69) is 19.9 Å². The van der Waals surface area contributed by atoms with Crippen LogP contribution in [0.4, 0.5) is 5.95 Å². The third kappa shape index (κ3) is 2.22. The van der Waals surface area contributed by atoms with E-state index < -0.39 is 0 Å². The van der Waals surface area contributed by atoms with Crippen molar-refractivity contribution in [3.63, 3.8) is 0 Å². The molecule has 0 fully saturated rings. The molecule has 0 saturated carbocycles. The maximum Gasteiger partial charge on any atom is 0.224 e. The minimum absolute atomic E-state index is 0.224. The number of anilines is 1. The molecule has 0 unspecified atom stereocenters. The average Bonchev–Trinajstić information content (AvgIpc) is 2.46. The van der Waals surface area contributed by atoms with Gasteiger partial charge in [-0.1, -0.05) is 30.0 Å². The van der Waals surface area contributed by atoms with E-state index in [4.69, 9.17) is 5.73 Å². The van der Waals surface area contributed by atoms with E-state index >= 15 is 0 Å². The molecule has 6 heteroatoms. The molecule has 0 radical (unpaired) electrons. The summed E-state index contributed by atoms with van der Waals surface area (Å²) < 4.78 is 0. The molecule has 0 aliphatic heterocycles. The molecule has 2 heterocycles. The van der Waals surface area contributed by atoms with Gasteiger partial charge in [0.1, 0.15) is 0 Å². The lowest BCUT2D eigenvalue weighted by Crippen LogP contribution is -2.01. The predicted molar refractivity (Wildman–Crippen MR) is 76.8 cm³/mol. The van der Waals surface area contributed by atoms with Crippen molar-refractivity contribution in [3.05, 3.63) is 36.5 Å². The number of nitrogen functional groups attached to an aromatic ring is 1. The monoisotopic (exact) mass is 269 g/mol. The zero-order chi connectivity index (χ0) is 13.2. The fourth-order valence-electron chi connectivity index (χ4n) is 1.87. The molecule has 1 aromatic carbocycles. The summed E-state index contributed by atoms with van der Waals surface area (Å²) in [6.45, 7) is 0. The topological polar surface area (TPSA) is 77.6 Å². The second-order valence-electron chi connectivity index (χ2n) is 3.88. The van der Waals surface area contributed by atoms with Crippen molar-refractivity contribution in [1.29, 1.82) is 0 Å². The fraction of sp³-hybridized carbons (Fsp3) is 0.0769. The van der Waals surface area contributed by atoms with Gasteiger partial charge in [0.05, 0.1) is 5.52 Å². The maximum atomic E-state index is 5.72. The van der Waals surface area contributed by atoms with Gasteiger partial charge in [-0.3, -0.25) is 4.98 Å². The maximum absolute atomic E-state index is 5.72. The Labute approximate surface area is 114 Å². The number of aromatic nitrogens is 4. The third-order valence-electron chi connectivity index (χ3n) is 2.69. The Morgan fingerprint density at radius 3 is 2.74 bits per heavy atom. The highest BCUT2D eigenvalue weighted by molar-refractivity contribution is 7.98. The Morgan fingerprint density at radius 2 is 1.89 bits per heavy atom. The first kappa shape index (κ1) is 11.9. The second-order valence-corrected chi connectivity index (χ2v) is 4.66. The summed E-state index contributed by atoms with van der Waals surface area (Å²) in [4.78, 5) is 17.0. The molecule has 0 spiro atoms. The number of thioether (sulfide) groups is 1. The summed E-state index contributed by atoms with van der Waals surface area (Å²) in [5, 5.41) is 1.65.